The summed E-state index contributed by atoms with van der Waals surface area (Å²) < 4.78 is 0. The number of allylic oxidation sites excluding steroid dienone is 1. The average Bonchev–Trinajstić information content (AvgIpc) is 2.18. The van der Waals surface area contributed by atoms with E-state index in [0.717, 1.165) is 5.57 Å². The molecule has 0 fully saturated rings. The minimum atomic E-state index is 0.113. The summed E-state index contributed by atoms with van der Waals surface area (Å²) >= 11 is 0. The van der Waals surface area contributed by atoms with Crippen LogP contribution in [0.5, 0.6) is 0 Å². The maximum absolute atomic E-state index is 11.4. The second-order valence-electron chi connectivity index (χ2n) is 2.76. The summed E-state index contributed by atoms with van der Waals surface area (Å²) in [6, 6.07) is 0.228. The molecule has 1 aliphatic heterocycles. The highest BCUT2D eigenvalue weighted by Gasteiger charge is 2.19. The number of carbonyl (C=O) groups is 1. The van der Waals surface area contributed by atoms with E-state index in [2.05, 4.69) is 0 Å². The predicted octanol–water partition coefficient (Wildman–Crippen LogP) is 2.38. The Labute approximate surface area is 80.9 Å². The summed E-state index contributed by atoms with van der Waals surface area (Å²) in [4.78, 5) is 13.1. The summed E-state index contributed by atoms with van der Waals surface area (Å²) in [5.41, 5.74) is 0.783. The van der Waals surface area contributed by atoms with Crippen LogP contribution in [-0.2, 0) is 4.79 Å². The Balaban J connectivity index is 0.000000671. The van der Waals surface area contributed by atoms with E-state index in [1.807, 2.05) is 53.0 Å². The first kappa shape index (κ1) is 11.9. The first-order valence-corrected chi connectivity index (χ1v) is 4.78. The van der Waals surface area contributed by atoms with Crippen LogP contribution in [0.4, 0.5) is 0 Å². The molecule has 2 nitrogen and oxygen atoms in total. The fraction of sp³-hybridized carbons (Fsp3) is 0.545. The van der Waals surface area contributed by atoms with Gasteiger partial charge in [0.15, 0.2) is 0 Å². The summed E-state index contributed by atoms with van der Waals surface area (Å²) in [5.74, 6) is 0.113. The van der Waals surface area contributed by atoms with Gasteiger partial charge >= 0.3 is 0 Å². The van der Waals surface area contributed by atoms with Gasteiger partial charge in [-0.05, 0) is 13.8 Å². The Kier molecular flexibility index (Phi) is 5.12. The standard InChI is InChI=1S/C9H13NO.C2H6/c1-4-8-6-5-7(2)10(3)9(8)11;1-2/h4-7H,1-3H3;1-2H3/b8-4+;. The molecule has 0 saturated carbocycles. The van der Waals surface area contributed by atoms with Crippen LogP contribution in [0.15, 0.2) is 23.8 Å². The Morgan fingerprint density at radius 3 is 2.46 bits per heavy atom. The van der Waals surface area contributed by atoms with Gasteiger partial charge < -0.3 is 4.90 Å². The molecule has 0 saturated heterocycles. The summed E-state index contributed by atoms with van der Waals surface area (Å²) in [6.45, 7) is 7.88. The summed E-state index contributed by atoms with van der Waals surface area (Å²) in [7, 11) is 1.82. The number of nitrogens with zero attached hydrogens (tertiary/aromatic N) is 1. The van der Waals surface area contributed by atoms with Gasteiger partial charge in [0, 0.05) is 18.7 Å². The molecule has 0 bridgehead atoms. The molecule has 1 atom stereocenters. The van der Waals surface area contributed by atoms with E-state index < -0.39 is 0 Å². The highest BCUT2D eigenvalue weighted by atomic mass is 16.2. The highest BCUT2D eigenvalue weighted by Crippen LogP contribution is 2.12. The molecular formula is C11H19NO. The molecule has 74 valence electrons. The Morgan fingerprint density at radius 2 is 2.00 bits per heavy atom. The molecule has 1 unspecified atom stereocenters. The third-order valence-electron chi connectivity index (χ3n) is 2.04. The van der Waals surface area contributed by atoms with Gasteiger partial charge in [-0.3, -0.25) is 4.79 Å². The molecule has 1 rings (SSSR count). The topological polar surface area (TPSA) is 20.3 Å². The van der Waals surface area contributed by atoms with Crippen molar-refractivity contribution in [1.29, 1.82) is 0 Å². The molecule has 0 aromatic heterocycles. The number of likely N-dealkylation sites (N-methyl/N-ethyl adjacent to an activating group) is 1. The molecule has 0 aromatic carbocycles. The second kappa shape index (κ2) is 5.57. The molecule has 1 amide bonds. The molecule has 1 aliphatic rings. The Bertz CT molecular complexity index is 228. The maximum Gasteiger partial charge on any atom is 0.253 e. The highest BCUT2D eigenvalue weighted by molar-refractivity contribution is 5.97. The van der Waals surface area contributed by atoms with Crippen LogP contribution in [0.25, 0.3) is 0 Å². The normalized spacial score (nSPS) is 24.4. The van der Waals surface area contributed by atoms with Crippen LogP contribution in [0, 0.1) is 0 Å². The molecule has 2 heteroatoms. The number of hydrogen-bond donors (Lipinski definition) is 0. The van der Waals surface area contributed by atoms with Gasteiger partial charge in [0.25, 0.3) is 5.91 Å². The van der Waals surface area contributed by atoms with Crippen molar-refractivity contribution in [3.63, 3.8) is 0 Å². The van der Waals surface area contributed by atoms with Crippen LogP contribution in [0.1, 0.15) is 27.7 Å². The zero-order valence-electron chi connectivity index (χ0n) is 9.16. The van der Waals surface area contributed by atoms with Crippen LogP contribution in [0.2, 0.25) is 0 Å². The van der Waals surface area contributed by atoms with Crippen LogP contribution in [0.3, 0.4) is 0 Å². The lowest BCUT2D eigenvalue weighted by atomic mass is 10.1. The van der Waals surface area contributed by atoms with Gasteiger partial charge in [-0.25, -0.2) is 0 Å². The van der Waals surface area contributed by atoms with Crippen molar-refractivity contribution in [2.45, 2.75) is 33.7 Å². The Morgan fingerprint density at radius 1 is 1.46 bits per heavy atom. The molecule has 0 radical (unpaired) electrons. The quantitative estimate of drug-likeness (QED) is 0.525. The van der Waals surface area contributed by atoms with Crippen molar-refractivity contribution in [2.75, 3.05) is 7.05 Å². The molecule has 13 heavy (non-hydrogen) atoms. The third-order valence-corrected chi connectivity index (χ3v) is 2.04. The number of carbonyl (C=O) groups excluding carboxylic acids is 1. The summed E-state index contributed by atoms with van der Waals surface area (Å²) in [6.07, 6.45) is 5.74. The first-order chi connectivity index (χ1) is 6.16. The van der Waals surface area contributed by atoms with Crippen molar-refractivity contribution >= 4 is 5.91 Å². The van der Waals surface area contributed by atoms with Crippen LogP contribution >= 0.6 is 0 Å². The van der Waals surface area contributed by atoms with Crippen molar-refractivity contribution in [1.82, 2.24) is 4.90 Å². The molecule has 0 spiro atoms. The largest absolute Gasteiger partial charge is 0.336 e. The molecule has 1 heterocycles. The Hall–Kier alpha value is -1.05. The lowest BCUT2D eigenvalue weighted by Gasteiger charge is -2.26. The van der Waals surface area contributed by atoms with Gasteiger partial charge in [0.1, 0.15) is 0 Å². The SMILES string of the molecule is C/C=C1\C=CC(C)N(C)C1=O.CC. The van der Waals surface area contributed by atoms with E-state index >= 15 is 0 Å². The van der Waals surface area contributed by atoms with E-state index in [9.17, 15) is 4.79 Å². The summed E-state index contributed by atoms with van der Waals surface area (Å²) in [5, 5.41) is 0. The zero-order chi connectivity index (χ0) is 10.4. The van der Waals surface area contributed by atoms with Crippen molar-refractivity contribution in [3.05, 3.63) is 23.8 Å². The predicted molar refractivity (Wildman–Crippen MR) is 56.5 cm³/mol. The maximum atomic E-state index is 11.4. The molecule has 0 N–H and O–H groups in total. The minimum Gasteiger partial charge on any atom is -0.336 e. The van der Waals surface area contributed by atoms with E-state index in [4.69, 9.17) is 0 Å². The third kappa shape index (κ3) is 2.72. The number of hydrogen-bond acceptors (Lipinski definition) is 1. The van der Waals surface area contributed by atoms with E-state index in [1.54, 1.807) is 4.90 Å². The van der Waals surface area contributed by atoms with Gasteiger partial charge in [-0.1, -0.05) is 32.1 Å². The van der Waals surface area contributed by atoms with Gasteiger partial charge in [0.05, 0.1) is 0 Å². The monoisotopic (exact) mass is 181 g/mol. The zero-order valence-corrected chi connectivity index (χ0v) is 9.16. The van der Waals surface area contributed by atoms with Crippen LogP contribution in [-0.4, -0.2) is 23.9 Å². The number of amides is 1. The van der Waals surface area contributed by atoms with Crippen molar-refractivity contribution in [2.24, 2.45) is 0 Å². The lowest BCUT2D eigenvalue weighted by molar-refractivity contribution is -0.126. The van der Waals surface area contributed by atoms with Crippen LogP contribution < -0.4 is 0 Å². The minimum absolute atomic E-state index is 0.113. The molecule has 0 aromatic rings. The molecule has 0 aliphatic carbocycles. The van der Waals surface area contributed by atoms with Crippen molar-refractivity contribution < 1.29 is 4.79 Å². The fourth-order valence-electron chi connectivity index (χ4n) is 1.05. The average molecular weight is 181 g/mol. The fourth-order valence-corrected chi connectivity index (χ4v) is 1.05. The second-order valence-corrected chi connectivity index (χ2v) is 2.76. The first-order valence-electron chi connectivity index (χ1n) is 4.78. The van der Waals surface area contributed by atoms with Gasteiger partial charge in [-0.2, -0.15) is 0 Å². The smallest absolute Gasteiger partial charge is 0.253 e. The van der Waals surface area contributed by atoms with E-state index in [-0.39, 0.29) is 11.9 Å². The van der Waals surface area contributed by atoms with Gasteiger partial charge in [-0.15, -0.1) is 0 Å². The van der Waals surface area contributed by atoms with Gasteiger partial charge in [0.2, 0.25) is 0 Å². The molecular weight excluding hydrogens is 162 g/mol. The van der Waals surface area contributed by atoms with E-state index in [1.165, 1.54) is 0 Å². The van der Waals surface area contributed by atoms with E-state index in [0.29, 0.717) is 0 Å². The van der Waals surface area contributed by atoms with Crippen molar-refractivity contribution in [3.8, 4) is 0 Å². The number of rotatable bonds is 0. The lowest BCUT2D eigenvalue weighted by Crippen LogP contribution is -2.37.